The first-order chi connectivity index (χ1) is 5.04. The van der Waals surface area contributed by atoms with E-state index in [1.807, 2.05) is 13.0 Å². The Hall–Kier alpha value is 0.410. The second-order valence-electron chi connectivity index (χ2n) is 2.29. The van der Waals surface area contributed by atoms with E-state index in [-0.39, 0.29) is 5.56 Å². The van der Waals surface area contributed by atoms with E-state index in [9.17, 15) is 4.79 Å². The highest BCUT2D eigenvalue weighted by Gasteiger charge is 2.03. The fourth-order valence-corrected chi connectivity index (χ4v) is 2.69. The van der Waals surface area contributed by atoms with E-state index in [2.05, 4.69) is 45.2 Å². The maximum absolute atomic E-state index is 11.3. The zero-order valence-corrected chi connectivity index (χ0v) is 10.5. The van der Waals surface area contributed by atoms with Crippen molar-refractivity contribution in [2.45, 2.75) is 6.92 Å². The summed E-state index contributed by atoms with van der Waals surface area (Å²) in [6.07, 6.45) is 0. The van der Waals surface area contributed by atoms with Gasteiger partial charge in [-0.05, 0) is 58.2 Å². The summed E-state index contributed by atoms with van der Waals surface area (Å²) in [6, 6.07) is 1.90. The van der Waals surface area contributed by atoms with Gasteiger partial charge in [-0.1, -0.05) is 0 Å². The van der Waals surface area contributed by atoms with Gasteiger partial charge in [0.2, 0.25) is 0 Å². The summed E-state index contributed by atoms with van der Waals surface area (Å²) >= 11 is 4.28. The Labute approximate surface area is 92.3 Å². The zero-order valence-electron chi connectivity index (χ0n) is 6.19. The van der Waals surface area contributed by atoms with Crippen LogP contribution in [0.3, 0.4) is 0 Å². The molecular formula is C7H7I2NO. The highest BCUT2D eigenvalue weighted by Crippen LogP contribution is 2.10. The number of hydrogen-bond donors (Lipinski definition) is 0. The van der Waals surface area contributed by atoms with Crippen molar-refractivity contribution in [3.63, 3.8) is 0 Å². The Morgan fingerprint density at radius 1 is 1.36 bits per heavy atom. The Balaban J connectivity index is 3.59. The average Bonchev–Trinajstić information content (AvgIpc) is 1.97. The van der Waals surface area contributed by atoms with Crippen molar-refractivity contribution in [3.8, 4) is 0 Å². The molecule has 0 aliphatic heterocycles. The first-order valence-electron chi connectivity index (χ1n) is 3.05. The predicted octanol–water partition coefficient (Wildman–Crippen LogP) is 1.90. The number of halogens is 2. The molecule has 0 aromatic carbocycles. The molecule has 0 saturated carbocycles. The van der Waals surface area contributed by atoms with E-state index in [4.69, 9.17) is 0 Å². The summed E-state index contributed by atoms with van der Waals surface area (Å²) in [4.78, 5) is 11.3. The van der Waals surface area contributed by atoms with Crippen molar-refractivity contribution in [1.29, 1.82) is 0 Å². The second-order valence-corrected chi connectivity index (χ2v) is 4.61. The van der Waals surface area contributed by atoms with Crippen molar-refractivity contribution in [2.75, 3.05) is 0 Å². The van der Waals surface area contributed by atoms with E-state index in [1.165, 1.54) is 0 Å². The lowest BCUT2D eigenvalue weighted by atomic mass is 10.4. The molecule has 0 unspecified atom stereocenters. The molecule has 60 valence electrons. The van der Waals surface area contributed by atoms with E-state index >= 15 is 0 Å². The Morgan fingerprint density at radius 2 is 1.91 bits per heavy atom. The van der Waals surface area contributed by atoms with Crippen molar-refractivity contribution in [2.24, 2.45) is 7.05 Å². The predicted molar refractivity (Wildman–Crippen MR) is 61.9 cm³/mol. The van der Waals surface area contributed by atoms with Crippen molar-refractivity contribution in [1.82, 2.24) is 4.57 Å². The molecule has 0 N–H and O–H groups in total. The lowest BCUT2D eigenvalue weighted by molar-refractivity contribution is 0.805. The van der Waals surface area contributed by atoms with Crippen LogP contribution >= 0.6 is 45.2 Å². The topological polar surface area (TPSA) is 22.0 Å². The quantitative estimate of drug-likeness (QED) is 0.636. The monoisotopic (exact) mass is 375 g/mol. The Bertz CT molecular complexity index is 343. The van der Waals surface area contributed by atoms with Crippen LogP contribution in [0.1, 0.15) is 5.69 Å². The van der Waals surface area contributed by atoms with E-state index < -0.39 is 0 Å². The van der Waals surface area contributed by atoms with Crippen LogP contribution in [0.5, 0.6) is 0 Å². The molecule has 0 fully saturated rings. The highest BCUT2D eigenvalue weighted by molar-refractivity contribution is 14.1. The molecule has 0 saturated heterocycles. The summed E-state index contributed by atoms with van der Waals surface area (Å²) in [7, 11) is 1.79. The zero-order chi connectivity index (χ0) is 8.59. The normalized spacial score (nSPS) is 10.2. The molecule has 0 aliphatic rings. The molecule has 0 amide bonds. The van der Waals surface area contributed by atoms with Gasteiger partial charge in [0, 0.05) is 16.3 Å². The second kappa shape index (κ2) is 3.42. The van der Waals surface area contributed by atoms with Crippen molar-refractivity contribution >= 4 is 45.2 Å². The molecule has 0 spiro atoms. The molecule has 0 atom stereocenters. The molecule has 0 bridgehead atoms. The van der Waals surface area contributed by atoms with E-state index in [1.54, 1.807) is 11.6 Å². The number of hydrogen-bond acceptors (Lipinski definition) is 1. The minimum Gasteiger partial charge on any atom is -0.314 e. The number of pyridine rings is 1. The summed E-state index contributed by atoms with van der Waals surface area (Å²) < 4.78 is 3.58. The van der Waals surface area contributed by atoms with Crippen LogP contribution in [0.25, 0.3) is 0 Å². The van der Waals surface area contributed by atoms with Gasteiger partial charge in [-0.25, -0.2) is 0 Å². The van der Waals surface area contributed by atoms with Crippen LogP contribution in [-0.4, -0.2) is 4.57 Å². The molecule has 1 aromatic heterocycles. The number of rotatable bonds is 0. The van der Waals surface area contributed by atoms with Crippen LogP contribution in [0.4, 0.5) is 0 Å². The minimum atomic E-state index is 0.0866. The molecule has 1 rings (SSSR count). The summed E-state index contributed by atoms with van der Waals surface area (Å²) in [5.41, 5.74) is 1.11. The average molecular weight is 375 g/mol. The maximum atomic E-state index is 11.3. The van der Waals surface area contributed by atoms with Gasteiger partial charge in [0.05, 0.1) is 3.57 Å². The van der Waals surface area contributed by atoms with Gasteiger partial charge in [0.1, 0.15) is 0 Å². The van der Waals surface area contributed by atoms with Gasteiger partial charge in [0.25, 0.3) is 5.56 Å². The molecule has 0 radical (unpaired) electrons. The third-order valence-corrected chi connectivity index (χ3v) is 3.48. The van der Waals surface area contributed by atoms with Gasteiger partial charge in [-0.2, -0.15) is 0 Å². The fraction of sp³-hybridized carbons (Fsp3) is 0.286. The van der Waals surface area contributed by atoms with Crippen LogP contribution < -0.4 is 5.56 Å². The number of nitrogens with zero attached hydrogens (tertiary/aromatic N) is 1. The van der Waals surface area contributed by atoms with Gasteiger partial charge >= 0.3 is 0 Å². The SMILES string of the molecule is Cc1c(I)cc(I)c(=O)n1C. The molecule has 1 heterocycles. The van der Waals surface area contributed by atoms with Gasteiger partial charge < -0.3 is 4.57 Å². The van der Waals surface area contributed by atoms with E-state index in [0.29, 0.717) is 0 Å². The van der Waals surface area contributed by atoms with Crippen LogP contribution in [0, 0.1) is 14.1 Å². The molecule has 11 heavy (non-hydrogen) atoms. The summed E-state index contributed by atoms with van der Waals surface area (Å²) in [5, 5.41) is 0. The smallest absolute Gasteiger partial charge is 0.263 e. The largest absolute Gasteiger partial charge is 0.314 e. The number of aromatic nitrogens is 1. The standard InChI is InChI=1S/C7H7I2NO/c1-4-5(8)3-6(9)7(11)10(4)2/h3H,1-2H3. The lowest BCUT2D eigenvalue weighted by Crippen LogP contribution is -2.22. The van der Waals surface area contributed by atoms with Crippen LogP contribution in [0.15, 0.2) is 10.9 Å². The van der Waals surface area contributed by atoms with Crippen molar-refractivity contribution in [3.05, 3.63) is 29.3 Å². The Kier molecular flexibility index (Phi) is 2.96. The molecule has 4 heteroatoms. The maximum Gasteiger partial charge on any atom is 0.263 e. The minimum absolute atomic E-state index is 0.0866. The summed E-state index contributed by atoms with van der Waals surface area (Å²) in [6.45, 7) is 1.94. The lowest BCUT2D eigenvalue weighted by Gasteiger charge is -2.05. The van der Waals surface area contributed by atoms with Gasteiger partial charge in [-0.15, -0.1) is 0 Å². The first kappa shape index (κ1) is 9.50. The highest BCUT2D eigenvalue weighted by atomic mass is 127. The Morgan fingerprint density at radius 3 is 2.45 bits per heavy atom. The fourth-order valence-electron chi connectivity index (χ4n) is 0.750. The van der Waals surface area contributed by atoms with Crippen LogP contribution in [-0.2, 0) is 7.05 Å². The van der Waals surface area contributed by atoms with Crippen LogP contribution in [0.2, 0.25) is 0 Å². The van der Waals surface area contributed by atoms with Gasteiger partial charge in [-0.3, -0.25) is 4.79 Å². The molecule has 0 aliphatic carbocycles. The summed E-state index contributed by atoms with van der Waals surface area (Å²) in [5.74, 6) is 0. The molecule has 1 aromatic rings. The third kappa shape index (κ3) is 1.77. The van der Waals surface area contributed by atoms with Crippen molar-refractivity contribution < 1.29 is 0 Å². The third-order valence-electron chi connectivity index (χ3n) is 1.61. The molecule has 2 nitrogen and oxygen atoms in total. The molecular weight excluding hydrogens is 368 g/mol. The van der Waals surface area contributed by atoms with Gasteiger partial charge in [0.15, 0.2) is 0 Å². The first-order valence-corrected chi connectivity index (χ1v) is 5.21. The van der Waals surface area contributed by atoms with E-state index in [0.717, 1.165) is 12.8 Å².